The summed E-state index contributed by atoms with van der Waals surface area (Å²) in [6.45, 7) is 10.2. The van der Waals surface area contributed by atoms with Crippen molar-refractivity contribution < 1.29 is 0 Å². The van der Waals surface area contributed by atoms with E-state index in [-0.39, 0.29) is 0 Å². The number of rotatable bonds is 2. The average Bonchev–Trinajstić information content (AvgIpc) is 2.59. The molecule has 0 radical (unpaired) electrons. The van der Waals surface area contributed by atoms with Gasteiger partial charge in [-0.05, 0) is 32.9 Å². The van der Waals surface area contributed by atoms with Gasteiger partial charge in [0.15, 0.2) is 0 Å². The molecule has 2 nitrogen and oxygen atoms in total. The Morgan fingerprint density at radius 3 is 2.93 bits per heavy atom. The van der Waals surface area contributed by atoms with Gasteiger partial charge in [0.1, 0.15) is 0 Å². The molecule has 0 bridgehead atoms. The van der Waals surface area contributed by atoms with Crippen molar-refractivity contribution in [1.29, 1.82) is 0 Å². The van der Waals surface area contributed by atoms with Crippen LogP contribution < -0.4 is 5.32 Å². The van der Waals surface area contributed by atoms with Gasteiger partial charge in [-0.25, -0.2) is 0 Å². The average molecular weight is 224 g/mol. The largest absolute Gasteiger partial charge is 0.311 e. The third kappa shape index (κ3) is 2.60. The Hall–Kier alpha value is -0.380. The van der Waals surface area contributed by atoms with E-state index in [0.717, 1.165) is 13.1 Å². The zero-order valence-corrected chi connectivity index (χ0v) is 10.6. The standard InChI is InChI=1S/C12H20N2S/c1-9-4-5-12(15-9)8-14-7-6-13-10(2)11(14)3/h4-5,10-11,13H,6-8H2,1-3H3. The highest BCUT2D eigenvalue weighted by molar-refractivity contribution is 7.11. The summed E-state index contributed by atoms with van der Waals surface area (Å²) in [5.41, 5.74) is 0. The van der Waals surface area contributed by atoms with Crippen molar-refractivity contribution in [3.8, 4) is 0 Å². The maximum Gasteiger partial charge on any atom is 0.0332 e. The molecule has 0 amide bonds. The quantitative estimate of drug-likeness (QED) is 0.829. The molecule has 1 N–H and O–H groups in total. The number of hydrogen-bond acceptors (Lipinski definition) is 3. The molecule has 3 heteroatoms. The van der Waals surface area contributed by atoms with Crippen LogP contribution in [-0.4, -0.2) is 30.1 Å². The first-order valence-electron chi connectivity index (χ1n) is 5.69. The van der Waals surface area contributed by atoms with E-state index in [0.29, 0.717) is 12.1 Å². The van der Waals surface area contributed by atoms with Gasteiger partial charge in [0.05, 0.1) is 0 Å². The lowest BCUT2D eigenvalue weighted by molar-refractivity contribution is 0.132. The number of hydrogen-bond donors (Lipinski definition) is 1. The predicted octanol–water partition coefficient (Wildman–Crippen LogP) is 2.24. The molecule has 0 saturated carbocycles. The summed E-state index contributed by atoms with van der Waals surface area (Å²) < 4.78 is 0. The van der Waals surface area contributed by atoms with Crippen LogP contribution in [0.15, 0.2) is 12.1 Å². The summed E-state index contributed by atoms with van der Waals surface area (Å²) in [7, 11) is 0. The molecule has 15 heavy (non-hydrogen) atoms. The molecule has 1 fully saturated rings. The van der Waals surface area contributed by atoms with Crippen LogP contribution in [0.25, 0.3) is 0 Å². The Kier molecular flexibility index (Phi) is 3.44. The zero-order chi connectivity index (χ0) is 10.8. The van der Waals surface area contributed by atoms with E-state index in [1.165, 1.54) is 16.3 Å². The molecule has 1 aromatic heterocycles. The van der Waals surface area contributed by atoms with Crippen LogP contribution in [0.5, 0.6) is 0 Å². The smallest absolute Gasteiger partial charge is 0.0332 e. The third-order valence-corrected chi connectivity index (χ3v) is 4.31. The summed E-state index contributed by atoms with van der Waals surface area (Å²) in [6, 6.07) is 5.73. The first-order chi connectivity index (χ1) is 7.16. The van der Waals surface area contributed by atoms with Crippen LogP contribution in [0.3, 0.4) is 0 Å². The lowest BCUT2D eigenvalue weighted by Crippen LogP contribution is -2.54. The van der Waals surface area contributed by atoms with E-state index in [9.17, 15) is 0 Å². The van der Waals surface area contributed by atoms with Gasteiger partial charge >= 0.3 is 0 Å². The maximum atomic E-state index is 3.51. The van der Waals surface area contributed by atoms with Crippen molar-refractivity contribution in [1.82, 2.24) is 10.2 Å². The van der Waals surface area contributed by atoms with Crippen LogP contribution in [-0.2, 0) is 6.54 Å². The van der Waals surface area contributed by atoms with Gasteiger partial charge in [0.2, 0.25) is 0 Å². The van der Waals surface area contributed by atoms with E-state index in [4.69, 9.17) is 0 Å². The fourth-order valence-corrected chi connectivity index (χ4v) is 3.04. The highest BCUT2D eigenvalue weighted by atomic mass is 32.1. The van der Waals surface area contributed by atoms with Crippen LogP contribution >= 0.6 is 11.3 Å². The Morgan fingerprint density at radius 1 is 1.47 bits per heavy atom. The molecule has 1 aliphatic rings. The first kappa shape index (κ1) is 11.1. The lowest BCUT2D eigenvalue weighted by atomic mass is 10.1. The Morgan fingerprint density at radius 2 is 2.27 bits per heavy atom. The monoisotopic (exact) mass is 224 g/mol. The number of aryl methyl sites for hydroxylation is 1. The summed E-state index contributed by atoms with van der Waals surface area (Å²) in [6.07, 6.45) is 0. The van der Waals surface area contributed by atoms with Gasteiger partial charge in [-0.3, -0.25) is 4.90 Å². The molecule has 0 aliphatic carbocycles. The molecule has 84 valence electrons. The summed E-state index contributed by atoms with van der Waals surface area (Å²) in [5.74, 6) is 0. The van der Waals surface area contributed by atoms with Gasteiger partial charge in [-0.2, -0.15) is 0 Å². The highest BCUT2D eigenvalue weighted by Gasteiger charge is 2.24. The van der Waals surface area contributed by atoms with Gasteiger partial charge in [-0.1, -0.05) is 0 Å². The highest BCUT2D eigenvalue weighted by Crippen LogP contribution is 2.19. The fraction of sp³-hybridized carbons (Fsp3) is 0.667. The van der Waals surface area contributed by atoms with Crippen molar-refractivity contribution in [2.75, 3.05) is 13.1 Å². The molecule has 1 aliphatic heterocycles. The molecule has 2 atom stereocenters. The Bertz CT molecular complexity index is 321. The van der Waals surface area contributed by atoms with Crippen LogP contribution in [0.1, 0.15) is 23.6 Å². The van der Waals surface area contributed by atoms with Gasteiger partial charge in [0.25, 0.3) is 0 Å². The fourth-order valence-electron chi connectivity index (χ4n) is 2.12. The van der Waals surface area contributed by atoms with Crippen molar-refractivity contribution in [2.45, 2.75) is 39.4 Å². The Balaban J connectivity index is 1.99. The molecular weight excluding hydrogens is 204 g/mol. The van der Waals surface area contributed by atoms with Crippen molar-refractivity contribution in [2.24, 2.45) is 0 Å². The van der Waals surface area contributed by atoms with Gasteiger partial charge < -0.3 is 5.32 Å². The number of thiophene rings is 1. The van der Waals surface area contributed by atoms with E-state index < -0.39 is 0 Å². The molecule has 1 aromatic rings. The van der Waals surface area contributed by atoms with E-state index in [1.807, 2.05) is 11.3 Å². The minimum atomic E-state index is 0.611. The predicted molar refractivity (Wildman–Crippen MR) is 66.4 cm³/mol. The van der Waals surface area contributed by atoms with Crippen LogP contribution in [0.4, 0.5) is 0 Å². The van der Waals surface area contributed by atoms with Gasteiger partial charge in [0, 0.05) is 41.5 Å². The molecule has 0 aromatic carbocycles. The lowest BCUT2D eigenvalue weighted by Gasteiger charge is -2.38. The number of nitrogens with one attached hydrogen (secondary N) is 1. The minimum Gasteiger partial charge on any atom is -0.311 e. The third-order valence-electron chi connectivity index (χ3n) is 3.32. The summed E-state index contributed by atoms with van der Waals surface area (Å²) in [5, 5.41) is 3.51. The first-order valence-corrected chi connectivity index (χ1v) is 6.51. The molecule has 0 spiro atoms. The number of piperazine rings is 1. The molecule has 2 unspecified atom stereocenters. The molecule has 2 rings (SSSR count). The summed E-state index contributed by atoms with van der Waals surface area (Å²) >= 11 is 1.92. The van der Waals surface area contributed by atoms with Gasteiger partial charge in [-0.15, -0.1) is 11.3 Å². The van der Waals surface area contributed by atoms with E-state index >= 15 is 0 Å². The molecular formula is C12H20N2S. The second-order valence-electron chi connectivity index (χ2n) is 4.47. The zero-order valence-electron chi connectivity index (χ0n) is 9.79. The number of nitrogens with zero attached hydrogens (tertiary/aromatic N) is 1. The minimum absolute atomic E-state index is 0.611. The summed E-state index contributed by atoms with van der Waals surface area (Å²) in [4.78, 5) is 5.49. The maximum absolute atomic E-state index is 3.51. The second kappa shape index (κ2) is 4.64. The Labute approximate surface area is 96.3 Å². The molecule has 2 heterocycles. The van der Waals surface area contributed by atoms with E-state index in [1.54, 1.807) is 0 Å². The van der Waals surface area contributed by atoms with Crippen LogP contribution in [0, 0.1) is 6.92 Å². The van der Waals surface area contributed by atoms with Crippen molar-refractivity contribution in [3.63, 3.8) is 0 Å². The second-order valence-corrected chi connectivity index (χ2v) is 5.84. The van der Waals surface area contributed by atoms with E-state index in [2.05, 4.69) is 43.1 Å². The van der Waals surface area contributed by atoms with Crippen molar-refractivity contribution in [3.05, 3.63) is 21.9 Å². The molecule has 1 saturated heterocycles. The SMILES string of the molecule is Cc1ccc(CN2CCNC(C)C2C)s1. The topological polar surface area (TPSA) is 15.3 Å². The van der Waals surface area contributed by atoms with Crippen molar-refractivity contribution >= 4 is 11.3 Å². The normalized spacial score (nSPS) is 28.2. The van der Waals surface area contributed by atoms with Crippen LogP contribution in [0.2, 0.25) is 0 Å².